The lowest BCUT2D eigenvalue weighted by Gasteiger charge is -2.27. The quantitative estimate of drug-likeness (QED) is 0.800. The fraction of sp³-hybridized carbons (Fsp3) is 0.538. The average molecular weight is 307 g/mol. The topological polar surface area (TPSA) is 43.4 Å². The standard InChI is InChI=1S/C13H16ClFO3S/c1-9-2-5-11(6-3-9)18-12-7-4-10(15)8-13(12)19(14,16)17/h4,7-9,11H,2-3,5-6H2,1H3. The summed E-state index contributed by atoms with van der Waals surface area (Å²) in [7, 11) is 1.29. The van der Waals surface area contributed by atoms with Gasteiger partial charge in [-0.3, -0.25) is 0 Å². The van der Waals surface area contributed by atoms with Crippen LogP contribution in [0.5, 0.6) is 5.75 Å². The summed E-state index contributed by atoms with van der Waals surface area (Å²) in [5.74, 6) is 0.157. The highest BCUT2D eigenvalue weighted by Gasteiger charge is 2.23. The summed E-state index contributed by atoms with van der Waals surface area (Å²) in [5.41, 5.74) is 0. The van der Waals surface area contributed by atoms with Crippen molar-refractivity contribution in [2.75, 3.05) is 0 Å². The number of ether oxygens (including phenoxy) is 1. The maximum atomic E-state index is 13.1. The lowest BCUT2D eigenvalue weighted by atomic mass is 9.89. The third-order valence-electron chi connectivity index (χ3n) is 3.42. The molecule has 106 valence electrons. The molecule has 1 saturated carbocycles. The highest BCUT2D eigenvalue weighted by Crippen LogP contribution is 2.32. The first kappa shape index (κ1) is 14.6. The molecular weight excluding hydrogens is 291 g/mol. The minimum absolute atomic E-state index is 0.0289. The molecule has 0 spiro atoms. The minimum atomic E-state index is -4.01. The Bertz CT molecular complexity index is 551. The van der Waals surface area contributed by atoms with Gasteiger partial charge in [0.2, 0.25) is 0 Å². The summed E-state index contributed by atoms with van der Waals surface area (Å²) in [6.45, 7) is 2.18. The molecule has 3 nitrogen and oxygen atoms in total. The van der Waals surface area contributed by atoms with Gasteiger partial charge in [-0.2, -0.15) is 0 Å². The van der Waals surface area contributed by atoms with E-state index in [0.29, 0.717) is 5.92 Å². The van der Waals surface area contributed by atoms with E-state index >= 15 is 0 Å². The fourth-order valence-electron chi connectivity index (χ4n) is 2.30. The summed E-state index contributed by atoms with van der Waals surface area (Å²) in [4.78, 5) is -0.298. The van der Waals surface area contributed by atoms with Gasteiger partial charge < -0.3 is 4.74 Å². The van der Waals surface area contributed by atoms with E-state index in [9.17, 15) is 12.8 Å². The van der Waals surface area contributed by atoms with Crippen molar-refractivity contribution in [2.45, 2.75) is 43.6 Å². The Kier molecular flexibility index (Phi) is 4.36. The fourth-order valence-corrected chi connectivity index (χ4v) is 3.27. The van der Waals surface area contributed by atoms with Crippen LogP contribution in [0.15, 0.2) is 23.1 Å². The third kappa shape index (κ3) is 3.83. The maximum absolute atomic E-state index is 13.1. The molecule has 0 saturated heterocycles. The summed E-state index contributed by atoms with van der Waals surface area (Å²) in [5, 5.41) is 0. The molecule has 1 aromatic carbocycles. The van der Waals surface area contributed by atoms with Gasteiger partial charge in [-0.1, -0.05) is 6.92 Å². The van der Waals surface area contributed by atoms with E-state index in [0.717, 1.165) is 31.7 Å². The molecule has 0 aliphatic heterocycles. The van der Waals surface area contributed by atoms with Crippen molar-refractivity contribution in [3.63, 3.8) is 0 Å². The highest BCUT2D eigenvalue weighted by molar-refractivity contribution is 8.13. The summed E-state index contributed by atoms with van der Waals surface area (Å²) >= 11 is 0. The van der Waals surface area contributed by atoms with E-state index in [1.807, 2.05) is 0 Å². The molecular formula is C13H16ClFO3S. The smallest absolute Gasteiger partial charge is 0.265 e. The van der Waals surface area contributed by atoms with Crippen molar-refractivity contribution in [3.05, 3.63) is 24.0 Å². The third-order valence-corrected chi connectivity index (χ3v) is 4.77. The number of hydrogen-bond acceptors (Lipinski definition) is 3. The van der Waals surface area contributed by atoms with Crippen LogP contribution in [0.3, 0.4) is 0 Å². The van der Waals surface area contributed by atoms with Crippen LogP contribution in [0.4, 0.5) is 4.39 Å². The molecule has 6 heteroatoms. The molecule has 1 aromatic rings. The Hall–Kier alpha value is -0.810. The lowest BCUT2D eigenvalue weighted by Crippen LogP contribution is -2.23. The first-order chi connectivity index (χ1) is 8.86. The van der Waals surface area contributed by atoms with Gasteiger partial charge in [0, 0.05) is 10.7 Å². The normalized spacial score (nSPS) is 24.2. The van der Waals surface area contributed by atoms with Crippen LogP contribution in [0.1, 0.15) is 32.6 Å². The Labute approximate surface area is 117 Å². The van der Waals surface area contributed by atoms with Crippen molar-refractivity contribution in [3.8, 4) is 5.75 Å². The average Bonchev–Trinajstić information content (AvgIpc) is 2.33. The van der Waals surface area contributed by atoms with Crippen LogP contribution >= 0.6 is 10.7 Å². The van der Waals surface area contributed by atoms with E-state index in [1.165, 1.54) is 12.1 Å². The van der Waals surface area contributed by atoms with Crippen LogP contribution in [-0.2, 0) is 9.05 Å². The summed E-state index contributed by atoms with van der Waals surface area (Å²) in [6.07, 6.45) is 3.82. The Morgan fingerprint density at radius 3 is 2.47 bits per heavy atom. The number of rotatable bonds is 3. The minimum Gasteiger partial charge on any atom is -0.489 e. The molecule has 19 heavy (non-hydrogen) atoms. The Morgan fingerprint density at radius 2 is 1.89 bits per heavy atom. The van der Waals surface area contributed by atoms with Gasteiger partial charge in [0.1, 0.15) is 16.5 Å². The molecule has 1 fully saturated rings. The van der Waals surface area contributed by atoms with E-state index < -0.39 is 14.9 Å². The molecule has 0 bridgehead atoms. The largest absolute Gasteiger partial charge is 0.489 e. The summed E-state index contributed by atoms with van der Waals surface area (Å²) < 4.78 is 41.7. The zero-order valence-corrected chi connectivity index (χ0v) is 12.2. The van der Waals surface area contributed by atoms with E-state index in [4.69, 9.17) is 15.4 Å². The SMILES string of the molecule is CC1CCC(Oc2ccc(F)cc2S(=O)(=O)Cl)CC1. The van der Waals surface area contributed by atoms with Crippen molar-refractivity contribution in [1.29, 1.82) is 0 Å². The van der Waals surface area contributed by atoms with Gasteiger partial charge in [0.05, 0.1) is 6.10 Å². The van der Waals surface area contributed by atoms with Gasteiger partial charge in [0.25, 0.3) is 9.05 Å². The van der Waals surface area contributed by atoms with Gasteiger partial charge in [-0.25, -0.2) is 12.8 Å². The Morgan fingerprint density at radius 1 is 1.26 bits per heavy atom. The van der Waals surface area contributed by atoms with Gasteiger partial charge in [-0.15, -0.1) is 0 Å². The second-order valence-corrected chi connectivity index (χ2v) is 7.56. The van der Waals surface area contributed by atoms with Crippen LogP contribution in [0, 0.1) is 11.7 Å². The molecule has 1 aliphatic carbocycles. The van der Waals surface area contributed by atoms with Crippen molar-refractivity contribution >= 4 is 19.7 Å². The maximum Gasteiger partial charge on any atom is 0.265 e. The number of halogens is 2. The Balaban J connectivity index is 2.21. The second kappa shape index (κ2) is 5.67. The van der Waals surface area contributed by atoms with Crippen LogP contribution in [-0.4, -0.2) is 14.5 Å². The van der Waals surface area contributed by atoms with E-state index in [2.05, 4.69) is 6.92 Å². The van der Waals surface area contributed by atoms with Gasteiger partial charge >= 0.3 is 0 Å². The second-order valence-electron chi connectivity index (χ2n) is 5.03. The van der Waals surface area contributed by atoms with Crippen LogP contribution in [0.25, 0.3) is 0 Å². The molecule has 0 N–H and O–H groups in total. The van der Waals surface area contributed by atoms with Crippen molar-refractivity contribution in [1.82, 2.24) is 0 Å². The lowest BCUT2D eigenvalue weighted by molar-refractivity contribution is 0.132. The van der Waals surface area contributed by atoms with Crippen molar-refractivity contribution in [2.24, 2.45) is 5.92 Å². The molecule has 0 heterocycles. The molecule has 1 aliphatic rings. The van der Waals surface area contributed by atoms with Crippen LogP contribution in [0.2, 0.25) is 0 Å². The number of hydrogen-bond donors (Lipinski definition) is 0. The molecule has 0 amide bonds. The van der Waals surface area contributed by atoms with Gasteiger partial charge in [0.15, 0.2) is 0 Å². The predicted octanol–water partition coefficient (Wildman–Crippen LogP) is 3.71. The molecule has 0 unspecified atom stereocenters. The number of benzene rings is 1. The zero-order valence-electron chi connectivity index (χ0n) is 10.6. The summed E-state index contributed by atoms with van der Waals surface area (Å²) in [6, 6.07) is 3.39. The molecule has 0 aromatic heterocycles. The first-order valence-corrected chi connectivity index (χ1v) is 8.58. The zero-order chi connectivity index (χ0) is 14.0. The van der Waals surface area contributed by atoms with E-state index in [1.54, 1.807) is 0 Å². The molecule has 0 radical (unpaired) electrons. The molecule has 2 rings (SSSR count). The first-order valence-electron chi connectivity index (χ1n) is 6.27. The monoisotopic (exact) mass is 306 g/mol. The van der Waals surface area contributed by atoms with E-state index in [-0.39, 0.29) is 16.7 Å². The van der Waals surface area contributed by atoms with Crippen LogP contribution < -0.4 is 4.74 Å². The molecule has 0 atom stereocenters. The van der Waals surface area contributed by atoms with Gasteiger partial charge in [-0.05, 0) is 49.8 Å². The predicted molar refractivity (Wildman–Crippen MR) is 71.5 cm³/mol. The highest BCUT2D eigenvalue weighted by atomic mass is 35.7. The van der Waals surface area contributed by atoms with Crippen molar-refractivity contribution < 1.29 is 17.5 Å².